The summed E-state index contributed by atoms with van der Waals surface area (Å²) in [6.07, 6.45) is 0.926. The molecule has 1 aromatic heterocycles. The zero-order chi connectivity index (χ0) is 14.0. The molecule has 1 aliphatic heterocycles. The first kappa shape index (κ1) is 13.5. The van der Waals surface area contributed by atoms with Gasteiger partial charge in [0.1, 0.15) is 6.04 Å². The molecule has 1 aliphatic rings. The molecule has 1 unspecified atom stereocenters. The minimum atomic E-state index is -0.435. The van der Waals surface area contributed by atoms with Crippen molar-refractivity contribution in [2.75, 3.05) is 11.4 Å². The maximum atomic E-state index is 12.4. The van der Waals surface area contributed by atoms with Crippen LogP contribution in [0, 0.1) is 13.8 Å². The zero-order valence-corrected chi connectivity index (χ0v) is 11.6. The molecule has 5 nitrogen and oxygen atoms in total. The molecule has 19 heavy (non-hydrogen) atoms. The van der Waals surface area contributed by atoms with Gasteiger partial charge in [-0.3, -0.25) is 14.6 Å². The molecule has 0 spiro atoms. The maximum Gasteiger partial charge on any atom is 0.249 e. The number of amides is 2. The van der Waals surface area contributed by atoms with Crippen molar-refractivity contribution in [2.45, 2.75) is 39.7 Å². The Morgan fingerprint density at radius 2 is 2.11 bits per heavy atom. The van der Waals surface area contributed by atoms with Gasteiger partial charge >= 0.3 is 0 Å². The van der Waals surface area contributed by atoms with Gasteiger partial charge in [-0.05, 0) is 32.4 Å². The van der Waals surface area contributed by atoms with Gasteiger partial charge in [0.2, 0.25) is 11.8 Å². The third-order valence-corrected chi connectivity index (χ3v) is 3.36. The van der Waals surface area contributed by atoms with Gasteiger partial charge in [-0.25, -0.2) is 0 Å². The molecular weight excluding hydrogens is 242 g/mol. The summed E-state index contributed by atoms with van der Waals surface area (Å²) < 4.78 is 0. The van der Waals surface area contributed by atoms with E-state index < -0.39 is 6.04 Å². The van der Waals surface area contributed by atoms with Crippen LogP contribution in [0.4, 0.5) is 5.69 Å². The van der Waals surface area contributed by atoms with E-state index in [1.54, 1.807) is 4.90 Å². The zero-order valence-electron chi connectivity index (χ0n) is 11.6. The van der Waals surface area contributed by atoms with E-state index in [0.29, 0.717) is 19.4 Å². The highest BCUT2D eigenvalue weighted by atomic mass is 16.2. The number of anilines is 1. The lowest BCUT2D eigenvalue weighted by atomic mass is 10.1. The van der Waals surface area contributed by atoms with Crippen LogP contribution >= 0.6 is 0 Å². The van der Waals surface area contributed by atoms with Gasteiger partial charge in [-0.2, -0.15) is 0 Å². The van der Waals surface area contributed by atoms with Crippen molar-refractivity contribution in [3.63, 3.8) is 0 Å². The molecule has 1 fully saturated rings. The Kier molecular flexibility index (Phi) is 3.83. The number of aromatic nitrogens is 1. The second-order valence-corrected chi connectivity index (χ2v) is 4.83. The first-order valence-electron chi connectivity index (χ1n) is 6.58. The van der Waals surface area contributed by atoms with E-state index >= 15 is 0 Å². The average Bonchev–Trinajstić information content (AvgIpc) is 2.50. The van der Waals surface area contributed by atoms with Gasteiger partial charge in [0.15, 0.2) is 0 Å². The van der Waals surface area contributed by atoms with Crippen molar-refractivity contribution in [3.05, 3.63) is 23.5 Å². The van der Waals surface area contributed by atoms with Crippen molar-refractivity contribution < 1.29 is 9.59 Å². The van der Waals surface area contributed by atoms with Crippen LogP contribution in [0.15, 0.2) is 12.1 Å². The van der Waals surface area contributed by atoms with Crippen LogP contribution in [0.5, 0.6) is 0 Å². The quantitative estimate of drug-likeness (QED) is 0.873. The molecular formula is C14H19N3O2. The lowest BCUT2D eigenvalue weighted by molar-refractivity contribution is -0.125. The molecule has 1 saturated heterocycles. The molecule has 0 aromatic carbocycles. The fourth-order valence-corrected chi connectivity index (χ4v) is 2.32. The van der Waals surface area contributed by atoms with Gasteiger partial charge in [0, 0.05) is 18.7 Å². The Morgan fingerprint density at radius 3 is 2.74 bits per heavy atom. The second-order valence-electron chi connectivity index (χ2n) is 4.83. The number of hydrogen-bond acceptors (Lipinski definition) is 3. The van der Waals surface area contributed by atoms with E-state index in [2.05, 4.69) is 10.3 Å². The molecule has 1 atom stereocenters. The highest BCUT2D eigenvalue weighted by molar-refractivity contribution is 6.01. The summed E-state index contributed by atoms with van der Waals surface area (Å²) in [5.41, 5.74) is 2.54. The Hall–Kier alpha value is -1.91. The van der Waals surface area contributed by atoms with Crippen LogP contribution < -0.4 is 10.2 Å². The summed E-state index contributed by atoms with van der Waals surface area (Å²) in [6.45, 7) is 6.11. The maximum absolute atomic E-state index is 12.4. The number of carbonyl (C=O) groups is 2. The molecule has 1 N–H and O–H groups in total. The lowest BCUT2D eigenvalue weighted by Crippen LogP contribution is -2.44. The molecule has 5 heteroatoms. The summed E-state index contributed by atoms with van der Waals surface area (Å²) >= 11 is 0. The third-order valence-electron chi connectivity index (χ3n) is 3.36. The van der Waals surface area contributed by atoms with Gasteiger partial charge in [0.05, 0.1) is 11.4 Å². The summed E-state index contributed by atoms with van der Waals surface area (Å²) in [5, 5.41) is 2.76. The Balaban J connectivity index is 2.36. The smallest absolute Gasteiger partial charge is 0.249 e. The Bertz CT molecular complexity index is 513. The topological polar surface area (TPSA) is 62.3 Å². The fraction of sp³-hybridized carbons (Fsp3) is 0.500. The van der Waals surface area contributed by atoms with Crippen LogP contribution in [-0.2, 0) is 9.59 Å². The van der Waals surface area contributed by atoms with Crippen molar-refractivity contribution in [2.24, 2.45) is 0 Å². The summed E-state index contributed by atoms with van der Waals surface area (Å²) in [5.74, 6) is -0.123. The molecule has 2 rings (SSSR count). The van der Waals surface area contributed by atoms with Crippen molar-refractivity contribution in [1.29, 1.82) is 0 Å². The van der Waals surface area contributed by atoms with E-state index in [9.17, 15) is 9.59 Å². The number of rotatable bonds is 2. The predicted molar refractivity (Wildman–Crippen MR) is 72.9 cm³/mol. The molecule has 2 amide bonds. The number of pyridine rings is 1. The second kappa shape index (κ2) is 5.38. The largest absolute Gasteiger partial charge is 0.344 e. The Labute approximate surface area is 113 Å². The standard InChI is InChI=1S/C14H19N3O2/c1-4-11-14(19)17(8-7-13(18)16-11)12-6-5-9(2)15-10(12)3/h5-6,11H,4,7-8H2,1-3H3,(H,16,18). The van der Waals surface area contributed by atoms with E-state index in [-0.39, 0.29) is 11.8 Å². The molecule has 1 aromatic rings. The number of aryl methyl sites for hydroxylation is 2. The molecule has 0 saturated carbocycles. The lowest BCUT2D eigenvalue weighted by Gasteiger charge is -2.24. The summed E-state index contributed by atoms with van der Waals surface area (Å²) in [7, 11) is 0. The third kappa shape index (κ3) is 2.75. The van der Waals surface area contributed by atoms with Crippen LogP contribution in [0.25, 0.3) is 0 Å². The van der Waals surface area contributed by atoms with Gasteiger partial charge in [0.25, 0.3) is 0 Å². The minimum Gasteiger partial charge on any atom is -0.344 e. The number of carbonyl (C=O) groups excluding carboxylic acids is 2. The van der Waals surface area contributed by atoms with E-state index in [4.69, 9.17) is 0 Å². The van der Waals surface area contributed by atoms with Gasteiger partial charge < -0.3 is 10.2 Å². The number of nitrogens with one attached hydrogen (secondary N) is 1. The predicted octanol–water partition coefficient (Wildman–Crippen LogP) is 1.33. The normalized spacial score (nSPS) is 20.2. The first-order chi connectivity index (χ1) is 9.02. The van der Waals surface area contributed by atoms with Crippen LogP contribution in [0.1, 0.15) is 31.2 Å². The van der Waals surface area contributed by atoms with E-state index in [1.807, 2.05) is 32.9 Å². The SMILES string of the molecule is CCC1NC(=O)CCN(c2ccc(C)nc2C)C1=O. The number of hydrogen-bond donors (Lipinski definition) is 1. The molecule has 0 aliphatic carbocycles. The van der Waals surface area contributed by atoms with E-state index in [0.717, 1.165) is 17.1 Å². The fourth-order valence-electron chi connectivity index (χ4n) is 2.32. The number of nitrogens with zero attached hydrogens (tertiary/aromatic N) is 2. The van der Waals surface area contributed by atoms with Crippen LogP contribution in [0.3, 0.4) is 0 Å². The van der Waals surface area contributed by atoms with E-state index in [1.165, 1.54) is 0 Å². The van der Waals surface area contributed by atoms with Gasteiger partial charge in [-0.1, -0.05) is 6.92 Å². The van der Waals surface area contributed by atoms with Crippen molar-refractivity contribution >= 4 is 17.5 Å². The molecule has 2 heterocycles. The molecule has 0 radical (unpaired) electrons. The Morgan fingerprint density at radius 1 is 1.37 bits per heavy atom. The highest BCUT2D eigenvalue weighted by Gasteiger charge is 2.30. The van der Waals surface area contributed by atoms with Crippen molar-refractivity contribution in [3.8, 4) is 0 Å². The summed E-state index contributed by atoms with van der Waals surface area (Å²) in [6, 6.07) is 3.35. The highest BCUT2D eigenvalue weighted by Crippen LogP contribution is 2.21. The molecule has 0 bridgehead atoms. The molecule has 102 valence electrons. The first-order valence-corrected chi connectivity index (χ1v) is 6.58. The van der Waals surface area contributed by atoms with Crippen LogP contribution in [0.2, 0.25) is 0 Å². The average molecular weight is 261 g/mol. The summed E-state index contributed by atoms with van der Waals surface area (Å²) in [4.78, 5) is 30.1. The van der Waals surface area contributed by atoms with Crippen LogP contribution in [-0.4, -0.2) is 29.4 Å². The van der Waals surface area contributed by atoms with Gasteiger partial charge in [-0.15, -0.1) is 0 Å². The van der Waals surface area contributed by atoms with Crippen molar-refractivity contribution in [1.82, 2.24) is 10.3 Å². The minimum absolute atomic E-state index is 0.0536. The monoisotopic (exact) mass is 261 g/mol.